The summed E-state index contributed by atoms with van der Waals surface area (Å²) >= 11 is 4.24. The molecule has 0 radical (unpaired) electrons. The summed E-state index contributed by atoms with van der Waals surface area (Å²) in [4.78, 5) is 14.7. The normalized spacial score (nSPS) is 13.2. The summed E-state index contributed by atoms with van der Waals surface area (Å²) in [6.07, 6.45) is 1.77. The summed E-state index contributed by atoms with van der Waals surface area (Å²) in [5.41, 5.74) is 2.66. The van der Waals surface area contributed by atoms with Gasteiger partial charge in [0.2, 0.25) is 0 Å². The first kappa shape index (κ1) is 18.1. The number of aromatic amines is 1. The standard InChI is InChI=1S/C16H15BrN2O4S2/c1-9-3-2-4-11-15(9)10(8-18-11)7-12(16(20)21)19-25(22,23)14-6-5-13(17)24-14/h2-6,8,12,18-19H,7H2,1H3,(H,20,21)/t12-/m1/s1. The number of nitrogens with one attached hydrogen (secondary N) is 2. The topological polar surface area (TPSA) is 99.3 Å². The monoisotopic (exact) mass is 442 g/mol. The van der Waals surface area contributed by atoms with Gasteiger partial charge in [0.05, 0.1) is 3.79 Å². The zero-order valence-electron chi connectivity index (χ0n) is 13.1. The molecular formula is C16H15BrN2O4S2. The summed E-state index contributed by atoms with van der Waals surface area (Å²) in [6, 6.07) is 7.52. The minimum atomic E-state index is -3.90. The van der Waals surface area contributed by atoms with Gasteiger partial charge >= 0.3 is 5.97 Å². The molecule has 3 rings (SSSR count). The Morgan fingerprint density at radius 1 is 1.36 bits per heavy atom. The molecule has 0 saturated heterocycles. The number of aliphatic carboxylic acids is 1. The molecule has 0 bridgehead atoms. The Morgan fingerprint density at radius 3 is 2.76 bits per heavy atom. The molecule has 132 valence electrons. The van der Waals surface area contributed by atoms with E-state index in [1.54, 1.807) is 12.3 Å². The molecule has 3 N–H and O–H groups in total. The van der Waals surface area contributed by atoms with Gasteiger partial charge in [-0.2, -0.15) is 4.72 Å². The molecule has 1 atom stereocenters. The Bertz CT molecular complexity index is 1040. The molecule has 25 heavy (non-hydrogen) atoms. The number of thiophene rings is 1. The number of H-pyrrole nitrogens is 1. The molecule has 0 unspecified atom stereocenters. The molecule has 2 heterocycles. The maximum Gasteiger partial charge on any atom is 0.322 e. The number of aryl methyl sites for hydroxylation is 1. The maximum absolute atomic E-state index is 12.4. The van der Waals surface area contributed by atoms with Crippen LogP contribution in [-0.4, -0.2) is 30.5 Å². The zero-order valence-corrected chi connectivity index (χ0v) is 16.3. The van der Waals surface area contributed by atoms with Gasteiger partial charge in [-0.15, -0.1) is 11.3 Å². The van der Waals surface area contributed by atoms with Crippen molar-refractivity contribution < 1.29 is 18.3 Å². The van der Waals surface area contributed by atoms with Gasteiger partial charge < -0.3 is 10.1 Å². The largest absolute Gasteiger partial charge is 0.480 e. The Labute approximate surface area is 157 Å². The van der Waals surface area contributed by atoms with Crippen molar-refractivity contribution in [1.82, 2.24) is 9.71 Å². The molecule has 0 aliphatic rings. The summed E-state index contributed by atoms with van der Waals surface area (Å²) in [7, 11) is -3.90. The van der Waals surface area contributed by atoms with Crippen LogP contribution in [0.4, 0.5) is 0 Å². The molecular weight excluding hydrogens is 428 g/mol. The molecule has 0 fully saturated rings. The van der Waals surface area contributed by atoms with Gasteiger partial charge in [0.1, 0.15) is 10.3 Å². The van der Waals surface area contributed by atoms with E-state index in [1.807, 2.05) is 25.1 Å². The summed E-state index contributed by atoms with van der Waals surface area (Å²) in [6.45, 7) is 1.93. The van der Waals surface area contributed by atoms with Crippen LogP contribution < -0.4 is 4.72 Å². The number of hydrogen-bond donors (Lipinski definition) is 3. The van der Waals surface area contributed by atoms with Gasteiger partial charge in [-0.3, -0.25) is 4.79 Å². The minimum Gasteiger partial charge on any atom is -0.480 e. The van der Waals surface area contributed by atoms with Crippen molar-refractivity contribution >= 4 is 54.2 Å². The average Bonchev–Trinajstić information content (AvgIpc) is 3.14. The van der Waals surface area contributed by atoms with Crippen LogP contribution in [0.1, 0.15) is 11.1 Å². The quantitative estimate of drug-likeness (QED) is 0.545. The van der Waals surface area contributed by atoms with Crippen LogP contribution in [0.2, 0.25) is 0 Å². The molecule has 0 spiro atoms. The minimum absolute atomic E-state index is 0.0476. The van der Waals surface area contributed by atoms with E-state index in [0.717, 1.165) is 33.4 Å². The van der Waals surface area contributed by atoms with Crippen molar-refractivity contribution in [2.45, 2.75) is 23.6 Å². The summed E-state index contributed by atoms with van der Waals surface area (Å²) in [5, 5.41) is 10.4. The third kappa shape index (κ3) is 3.79. The van der Waals surface area contributed by atoms with Gasteiger partial charge in [-0.1, -0.05) is 12.1 Å². The first-order valence-electron chi connectivity index (χ1n) is 7.34. The van der Waals surface area contributed by atoms with Crippen LogP contribution in [-0.2, 0) is 21.2 Å². The van der Waals surface area contributed by atoms with E-state index < -0.39 is 22.0 Å². The van der Waals surface area contributed by atoms with Gasteiger partial charge in [0.15, 0.2) is 0 Å². The Hall–Kier alpha value is -1.68. The van der Waals surface area contributed by atoms with E-state index in [4.69, 9.17) is 0 Å². The fourth-order valence-electron chi connectivity index (χ4n) is 2.70. The van der Waals surface area contributed by atoms with E-state index in [1.165, 1.54) is 6.07 Å². The van der Waals surface area contributed by atoms with Crippen LogP contribution in [0.3, 0.4) is 0 Å². The molecule has 3 aromatic rings. The van der Waals surface area contributed by atoms with Crippen molar-refractivity contribution in [3.8, 4) is 0 Å². The number of hydrogen-bond acceptors (Lipinski definition) is 4. The van der Waals surface area contributed by atoms with Crippen LogP contribution in [0.5, 0.6) is 0 Å². The highest BCUT2D eigenvalue weighted by atomic mass is 79.9. The Morgan fingerprint density at radius 2 is 2.12 bits per heavy atom. The molecule has 6 nitrogen and oxygen atoms in total. The number of rotatable bonds is 6. The van der Waals surface area contributed by atoms with E-state index >= 15 is 0 Å². The van der Waals surface area contributed by atoms with E-state index in [9.17, 15) is 18.3 Å². The number of carboxylic acid groups (broad SMARTS) is 1. The van der Waals surface area contributed by atoms with Crippen LogP contribution in [0.25, 0.3) is 10.9 Å². The Balaban J connectivity index is 1.90. The van der Waals surface area contributed by atoms with Crippen molar-refractivity contribution in [2.24, 2.45) is 0 Å². The van der Waals surface area contributed by atoms with Gasteiger partial charge in [-0.25, -0.2) is 8.42 Å². The van der Waals surface area contributed by atoms with Crippen LogP contribution in [0, 0.1) is 6.92 Å². The van der Waals surface area contributed by atoms with Crippen molar-refractivity contribution in [3.05, 3.63) is 51.4 Å². The first-order chi connectivity index (χ1) is 11.8. The summed E-state index contributed by atoms with van der Waals surface area (Å²) in [5.74, 6) is -1.22. The molecule has 2 aromatic heterocycles. The second-order valence-corrected chi connectivity index (χ2v) is 9.99. The first-order valence-corrected chi connectivity index (χ1v) is 10.4. The van der Waals surface area contributed by atoms with Crippen molar-refractivity contribution in [2.75, 3.05) is 0 Å². The smallest absolute Gasteiger partial charge is 0.322 e. The highest BCUT2D eigenvalue weighted by Gasteiger charge is 2.27. The van der Waals surface area contributed by atoms with E-state index in [2.05, 4.69) is 25.6 Å². The lowest BCUT2D eigenvalue weighted by atomic mass is 10.0. The van der Waals surface area contributed by atoms with Gasteiger partial charge in [0.25, 0.3) is 10.0 Å². The number of benzene rings is 1. The molecule has 0 saturated carbocycles. The number of sulfonamides is 1. The molecule has 9 heteroatoms. The summed E-state index contributed by atoms with van der Waals surface area (Å²) < 4.78 is 27.9. The molecule has 0 aliphatic heterocycles. The highest BCUT2D eigenvalue weighted by Crippen LogP contribution is 2.27. The maximum atomic E-state index is 12.4. The third-order valence-electron chi connectivity index (χ3n) is 3.83. The van der Waals surface area contributed by atoms with E-state index in [-0.39, 0.29) is 10.6 Å². The molecule has 1 aromatic carbocycles. The molecule has 0 aliphatic carbocycles. The lowest BCUT2D eigenvalue weighted by Gasteiger charge is -2.14. The van der Waals surface area contributed by atoms with Crippen LogP contribution >= 0.6 is 27.3 Å². The van der Waals surface area contributed by atoms with Crippen molar-refractivity contribution in [3.63, 3.8) is 0 Å². The number of carboxylic acids is 1. The van der Waals surface area contributed by atoms with Crippen molar-refractivity contribution in [1.29, 1.82) is 0 Å². The lowest BCUT2D eigenvalue weighted by Crippen LogP contribution is -2.42. The second-order valence-electron chi connectivity index (χ2n) is 5.59. The lowest BCUT2D eigenvalue weighted by molar-refractivity contribution is -0.138. The highest BCUT2D eigenvalue weighted by molar-refractivity contribution is 9.11. The van der Waals surface area contributed by atoms with Gasteiger partial charge in [-0.05, 0) is 52.2 Å². The fraction of sp³-hybridized carbons (Fsp3) is 0.188. The second kappa shape index (κ2) is 6.91. The molecule has 0 amide bonds. The number of halogens is 1. The number of aromatic nitrogens is 1. The predicted molar refractivity (Wildman–Crippen MR) is 101 cm³/mol. The Kier molecular flexibility index (Phi) is 5.01. The van der Waals surface area contributed by atoms with E-state index in [0.29, 0.717) is 3.79 Å². The number of carbonyl (C=O) groups is 1. The average molecular weight is 443 g/mol. The zero-order chi connectivity index (χ0) is 18.2. The van der Waals surface area contributed by atoms with Crippen LogP contribution in [0.15, 0.2) is 44.5 Å². The number of fused-ring (bicyclic) bond motifs is 1. The predicted octanol–water partition coefficient (Wildman–Crippen LogP) is 3.27. The SMILES string of the molecule is Cc1cccc2[nH]cc(C[C@@H](NS(=O)(=O)c3ccc(Br)s3)C(=O)O)c12. The van der Waals surface area contributed by atoms with Gasteiger partial charge in [0, 0.05) is 23.5 Å². The fourth-order valence-corrected chi connectivity index (χ4v) is 5.91. The third-order valence-corrected chi connectivity index (χ3v) is 7.42.